The number of alkyl halides is 3. The van der Waals surface area contributed by atoms with Crippen LogP contribution in [0.4, 0.5) is 19.0 Å². The summed E-state index contributed by atoms with van der Waals surface area (Å²) in [7, 11) is 0. The highest BCUT2D eigenvalue weighted by atomic mass is 19.4. The van der Waals surface area contributed by atoms with Gasteiger partial charge in [0.05, 0.1) is 11.9 Å². The number of carbonyl (C=O) groups excluding carboxylic acids is 1. The fraction of sp³-hybridized carbons (Fsp3) is 0.0588. The molecule has 9 heteroatoms. The van der Waals surface area contributed by atoms with Gasteiger partial charge in [0.2, 0.25) is 0 Å². The summed E-state index contributed by atoms with van der Waals surface area (Å²) >= 11 is 0. The molecule has 26 heavy (non-hydrogen) atoms. The van der Waals surface area contributed by atoms with Crippen LogP contribution in [0.3, 0.4) is 0 Å². The maximum absolute atomic E-state index is 12.6. The van der Waals surface area contributed by atoms with Gasteiger partial charge in [0.15, 0.2) is 0 Å². The van der Waals surface area contributed by atoms with E-state index in [1.165, 1.54) is 30.9 Å². The summed E-state index contributed by atoms with van der Waals surface area (Å²) in [5, 5.41) is 2.28. The number of anilines is 1. The summed E-state index contributed by atoms with van der Waals surface area (Å²) in [6.45, 7) is 0. The minimum absolute atomic E-state index is 0.318. The van der Waals surface area contributed by atoms with Crippen LogP contribution >= 0.6 is 0 Å². The van der Waals surface area contributed by atoms with Gasteiger partial charge in [-0.25, -0.2) is 4.98 Å². The molecule has 0 bridgehead atoms. The molecule has 131 valence electrons. The molecule has 0 aliphatic carbocycles. The van der Waals surface area contributed by atoms with Crippen molar-refractivity contribution < 1.29 is 22.7 Å². The van der Waals surface area contributed by atoms with Crippen LogP contribution in [0.1, 0.15) is 5.69 Å². The molecule has 0 saturated heterocycles. The zero-order valence-corrected chi connectivity index (χ0v) is 13.0. The Balaban J connectivity index is 1.78. The Morgan fingerprint density at radius 2 is 1.81 bits per heavy atom. The summed E-state index contributed by atoms with van der Waals surface area (Å²) in [4.78, 5) is 21.7. The average Bonchev–Trinajstić information content (AvgIpc) is 2.63. The van der Waals surface area contributed by atoms with Crippen molar-refractivity contribution in [3.05, 3.63) is 60.7 Å². The Labute approximate surface area is 145 Å². The van der Waals surface area contributed by atoms with Crippen LogP contribution in [-0.4, -0.2) is 21.4 Å². The molecule has 1 N–H and O–H groups in total. The Hall–Kier alpha value is -3.49. The van der Waals surface area contributed by atoms with E-state index < -0.39 is 11.9 Å². The van der Waals surface area contributed by atoms with Gasteiger partial charge >= 0.3 is 12.6 Å². The number of nitrogens with one attached hydrogen (secondary N) is 1. The normalized spacial score (nSPS) is 11.0. The molecule has 1 radical (unpaired) electrons. The molecule has 0 aromatic carbocycles. The van der Waals surface area contributed by atoms with Crippen molar-refractivity contribution in [2.45, 2.75) is 6.18 Å². The zero-order valence-electron chi connectivity index (χ0n) is 13.0. The lowest BCUT2D eigenvalue weighted by Crippen LogP contribution is -2.07. The fourth-order valence-electron chi connectivity index (χ4n) is 2.05. The van der Waals surface area contributed by atoms with E-state index in [0.717, 1.165) is 12.3 Å². The van der Waals surface area contributed by atoms with Gasteiger partial charge in [0.1, 0.15) is 23.0 Å². The fourth-order valence-corrected chi connectivity index (χ4v) is 2.05. The highest BCUT2D eigenvalue weighted by Gasteiger charge is 2.32. The first kappa shape index (κ1) is 17.3. The molecule has 6 nitrogen and oxygen atoms in total. The molecule has 3 aromatic heterocycles. The van der Waals surface area contributed by atoms with E-state index in [4.69, 9.17) is 4.74 Å². The second-order valence-corrected chi connectivity index (χ2v) is 5.01. The van der Waals surface area contributed by atoms with E-state index in [-0.39, 0.29) is 0 Å². The standard InChI is InChI=1S/C17H10F3N4O2/c18-17(19,20)15-3-1-11(8-22-15)14-7-12(5-6-21-14)26-13-2-4-16(23-9-13)24-10-25/h1-9H,(H,23,24,25). The van der Waals surface area contributed by atoms with Crippen LogP contribution in [0.25, 0.3) is 11.3 Å². The van der Waals surface area contributed by atoms with Gasteiger partial charge in [0, 0.05) is 24.0 Å². The van der Waals surface area contributed by atoms with Gasteiger partial charge in [-0.05, 0) is 30.3 Å². The summed E-state index contributed by atoms with van der Waals surface area (Å²) < 4.78 is 43.3. The van der Waals surface area contributed by atoms with Crippen molar-refractivity contribution in [3.8, 4) is 22.8 Å². The Morgan fingerprint density at radius 3 is 2.42 bits per heavy atom. The molecule has 0 saturated carbocycles. The first-order valence-electron chi connectivity index (χ1n) is 7.22. The molecule has 0 aliphatic rings. The Bertz CT molecular complexity index is 897. The topological polar surface area (TPSA) is 77.0 Å². The monoisotopic (exact) mass is 359 g/mol. The van der Waals surface area contributed by atoms with Crippen molar-refractivity contribution in [2.75, 3.05) is 5.32 Å². The molecule has 0 unspecified atom stereocenters. The highest BCUT2D eigenvalue weighted by Crippen LogP contribution is 2.30. The maximum atomic E-state index is 12.6. The number of rotatable bonds is 5. The number of pyridine rings is 3. The second-order valence-electron chi connectivity index (χ2n) is 5.01. The van der Waals surface area contributed by atoms with Crippen molar-refractivity contribution in [3.63, 3.8) is 0 Å². The number of hydrogen-bond acceptors (Lipinski definition) is 5. The predicted molar refractivity (Wildman–Crippen MR) is 86.1 cm³/mol. The second kappa shape index (κ2) is 7.18. The largest absolute Gasteiger partial charge is 0.456 e. The number of halogens is 3. The first-order valence-corrected chi connectivity index (χ1v) is 7.22. The molecular formula is C17H10F3N4O2. The molecule has 1 amide bonds. The van der Waals surface area contributed by atoms with Crippen molar-refractivity contribution in [1.82, 2.24) is 15.0 Å². The van der Waals surface area contributed by atoms with Crippen molar-refractivity contribution >= 4 is 12.2 Å². The van der Waals surface area contributed by atoms with E-state index in [9.17, 15) is 18.0 Å². The van der Waals surface area contributed by atoms with E-state index in [0.29, 0.717) is 28.6 Å². The third-order valence-electron chi connectivity index (χ3n) is 3.23. The minimum Gasteiger partial charge on any atom is -0.456 e. The summed E-state index contributed by atoms with van der Waals surface area (Å²) in [6.07, 6.45) is 0.982. The van der Waals surface area contributed by atoms with Gasteiger partial charge in [-0.15, -0.1) is 0 Å². The molecule has 0 aliphatic heterocycles. The number of aromatic nitrogens is 3. The number of hydrogen-bond donors (Lipinski definition) is 1. The highest BCUT2D eigenvalue weighted by molar-refractivity contribution is 5.69. The molecule has 3 heterocycles. The Kier molecular flexibility index (Phi) is 4.78. The lowest BCUT2D eigenvalue weighted by molar-refractivity contribution is -0.141. The van der Waals surface area contributed by atoms with Gasteiger partial charge in [-0.2, -0.15) is 13.2 Å². The maximum Gasteiger partial charge on any atom is 0.433 e. The quantitative estimate of drug-likeness (QED) is 0.701. The van der Waals surface area contributed by atoms with Gasteiger partial charge in [-0.1, -0.05) is 0 Å². The van der Waals surface area contributed by atoms with Crippen molar-refractivity contribution in [1.29, 1.82) is 0 Å². The van der Waals surface area contributed by atoms with Gasteiger partial charge < -0.3 is 10.1 Å². The van der Waals surface area contributed by atoms with Crippen LogP contribution in [0.15, 0.2) is 55.0 Å². The third kappa shape index (κ3) is 4.12. The SMILES string of the molecule is O=[C]Nc1ccc(Oc2ccnc(-c3ccc(C(F)(F)F)nc3)c2)cn1. The summed E-state index contributed by atoms with van der Waals surface area (Å²) in [5.74, 6) is 1.14. The van der Waals surface area contributed by atoms with E-state index >= 15 is 0 Å². The molecule has 0 spiro atoms. The third-order valence-corrected chi connectivity index (χ3v) is 3.23. The van der Waals surface area contributed by atoms with Gasteiger partial charge in [-0.3, -0.25) is 14.8 Å². The van der Waals surface area contributed by atoms with Crippen LogP contribution in [0.5, 0.6) is 11.5 Å². The van der Waals surface area contributed by atoms with Crippen LogP contribution in [0, 0.1) is 0 Å². The van der Waals surface area contributed by atoms with Gasteiger partial charge in [0.25, 0.3) is 0 Å². The molecule has 3 aromatic rings. The van der Waals surface area contributed by atoms with E-state index in [1.807, 2.05) is 0 Å². The molecule has 0 atom stereocenters. The number of nitrogens with zero attached hydrogens (tertiary/aromatic N) is 3. The first-order chi connectivity index (χ1) is 12.5. The average molecular weight is 359 g/mol. The number of amides is 1. The lowest BCUT2D eigenvalue weighted by Gasteiger charge is -2.09. The molecule has 0 fully saturated rings. The number of ether oxygens (including phenoxy) is 1. The Morgan fingerprint density at radius 1 is 0.962 bits per heavy atom. The zero-order chi connectivity index (χ0) is 18.6. The molecular weight excluding hydrogens is 349 g/mol. The summed E-state index contributed by atoms with van der Waals surface area (Å²) in [5.41, 5.74) is -0.144. The predicted octanol–water partition coefficient (Wildman–Crippen LogP) is 3.83. The van der Waals surface area contributed by atoms with E-state index in [1.54, 1.807) is 18.2 Å². The van der Waals surface area contributed by atoms with Crippen molar-refractivity contribution in [2.24, 2.45) is 0 Å². The van der Waals surface area contributed by atoms with Crippen LogP contribution < -0.4 is 10.1 Å². The smallest absolute Gasteiger partial charge is 0.433 e. The van der Waals surface area contributed by atoms with E-state index in [2.05, 4.69) is 20.3 Å². The minimum atomic E-state index is -4.49. The summed E-state index contributed by atoms with van der Waals surface area (Å²) in [6, 6.07) is 8.46. The van der Waals surface area contributed by atoms with Crippen LogP contribution in [-0.2, 0) is 11.0 Å². The molecule has 3 rings (SSSR count). The lowest BCUT2D eigenvalue weighted by atomic mass is 10.1. The van der Waals surface area contributed by atoms with Crippen LogP contribution in [0.2, 0.25) is 0 Å².